The lowest BCUT2D eigenvalue weighted by atomic mass is 9.70. The molecule has 0 amide bonds. The summed E-state index contributed by atoms with van der Waals surface area (Å²) in [5.41, 5.74) is 9.28. The zero-order chi connectivity index (χ0) is 19.9. The van der Waals surface area contributed by atoms with Crippen molar-refractivity contribution in [3.8, 4) is 0 Å². The van der Waals surface area contributed by atoms with E-state index in [1.165, 1.54) is 41.4 Å². The van der Waals surface area contributed by atoms with Crippen molar-refractivity contribution in [3.05, 3.63) is 101 Å². The molecule has 1 saturated carbocycles. The monoisotopic (exact) mass is 390 g/mol. The van der Waals surface area contributed by atoms with E-state index in [0.717, 1.165) is 13.0 Å². The molecule has 0 radical (unpaired) electrons. The maximum atomic E-state index is 2.79. The lowest BCUT2D eigenvalue weighted by Gasteiger charge is -2.43. The van der Waals surface area contributed by atoms with Gasteiger partial charge in [0.05, 0.1) is 5.54 Å². The standard InChI is InChI=1S/C28H26N2/c1-29-23-14-7-5-12-21(23)26-25(29)18-27-16-9-17-28(26,27)30(19-20-10-3-2-4-11-20)24-15-8-6-13-22(24)27/h2-8,10-15H,9,16-19H2,1H3/t27-,28-/m1/s1. The van der Waals surface area contributed by atoms with E-state index in [-0.39, 0.29) is 11.0 Å². The fourth-order valence-electron chi connectivity index (χ4n) is 7.38. The van der Waals surface area contributed by atoms with Crippen LogP contribution >= 0.6 is 0 Å². The third-order valence-corrected chi connectivity index (χ3v) is 8.40. The molecule has 1 aliphatic heterocycles. The van der Waals surface area contributed by atoms with E-state index in [2.05, 4.69) is 95.4 Å². The predicted molar refractivity (Wildman–Crippen MR) is 123 cm³/mol. The van der Waals surface area contributed by atoms with E-state index in [0.29, 0.717) is 0 Å². The minimum Gasteiger partial charge on any atom is -0.356 e. The Morgan fingerprint density at radius 1 is 0.833 bits per heavy atom. The molecule has 1 aromatic heterocycles. The van der Waals surface area contributed by atoms with Gasteiger partial charge in [0.25, 0.3) is 0 Å². The quantitative estimate of drug-likeness (QED) is 0.403. The number of hydrogen-bond donors (Lipinski definition) is 0. The number of aryl methyl sites for hydroxylation is 1. The average molecular weight is 391 g/mol. The van der Waals surface area contributed by atoms with Crippen LogP contribution in [0.2, 0.25) is 0 Å². The van der Waals surface area contributed by atoms with E-state index < -0.39 is 0 Å². The van der Waals surface area contributed by atoms with Gasteiger partial charge in [-0.2, -0.15) is 0 Å². The average Bonchev–Trinajstić information content (AvgIpc) is 3.43. The second-order valence-corrected chi connectivity index (χ2v) is 9.46. The molecule has 3 aliphatic rings. The highest BCUT2D eigenvalue weighted by molar-refractivity contribution is 5.91. The molecule has 0 unspecified atom stereocenters. The molecular weight excluding hydrogens is 364 g/mol. The second-order valence-electron chi connectivity index (χ2n) is 9.46. The largest absolute Gasteiger partial charge is 0.356 e. The molecule has 0 saturated heterocycles. The number of benzene rings is 3. The zero-order valence-electron chi connectivity index (χ0n) is 17.4. The van der Waals surface area contributed by atoms with Gasteiger partial charge in [0.1, 0.15) is 0 Å². The first kappa shape index (κ1) is 16.8. The van der Waals surface area contributed by atoms with Crippen molar-refractivity contribution in [2.45, 2.75) is 43.2 Å². The topological polar surface area (TPSA) is 8.17 Å². The molecule has 0 spiro atoms. The molecule has 2 nitrogen and oxygen atoms in total. The molecule has 2 atom stereocenters. The highest BCUT2D eigenvalue weighted by Gasteiger charge is 2.69. The number of hydrogen-bond acceptors (Lipinski definition) is 1. The summed E-state index contributed by atoms with van der Waals surface area (Å²) in [6.45, 7) is 0.974. The molecule has 148 valence electrons. The maximum Gasteiger partial charge on any atom is 0.0781 e. The number of anilines is 1. The molecule has 0 bridgehead atoms. The van der Waals surface area contributed by atoms with Crippen molar-refractivity contribution < 1.29 is 0 Å². The van der Waals surface area contributed by atoms with Crippen LogP contribution in [0.4, 0.5) is 5.69 Å². The van der Waals surface area contributed by atoms with Gasteiger partial charge in [0, 0.05) is 53.3 Å². The Kier molecular flexibility index (Phi) is 3.11. The summed E-state index contributed by atoms with van der Waals surface area (Å²) in [5, 5.41) is 1.46. The number of para-hydroxylation sites is 2. The van der Waals surface area contributed by atoms with E-state index in [1.54, 1.807) is 16.8 Å². The minimum absolute atomic E-state index is 0.0721. The first-order valence-corrected chi connectivity index (χ1v) is 11.2. The van der Waals surface area contributed by atoms with Gasteiger partial charge in [-0.3, -0.25) is 0 Å². The Bertz CT molecular complexity index is 1300. The van der Waals surface area contributed by atoms with Gasteiger partial charge < -0.3 is 9.47 Å². The maximum absolute atomic E-state index is 2.79. The van der Waals surface area contributed by atoms with Crippen LogP contribution in [-0.2, 0) is 31.0 Å². The molecule has 4 aromatic rings. The Labute approximate surface area is 177 Å². The van der Waals surface area contributed by atoms with Crippen LogP contribution in [0.5, 0.6) is 0 Å². The van der Waals surface area contributed by atoms with E-state index in [9.17, 15) is 0 Å². The molecular formula is C28H26N2. The summed E-state index contributed by atoms with van der Waals surface area (Å²) in [6.07, 6.45) is 5.01. The fraction of sp³-hybridized carbons (Fsp3) is 0.286. The van der Waals surface area contributed by atoms with Crippen molar-refractivity contribution in [3.63, 3.8) is 0 Å². The molecule has 2 heteroatoms. The van der Waals surface area contributed by atoms with Crippen LogP contribution in [-0.4, -0.2) is 4.57 Å². The first-order chi connectivity index (χ1) is 14.8. The predicted octanol–water partition coefficient (Wildman–Crippen LogP) is 6.07. The molecule has 2 aliphatic carbocycles. The van der Waals surface area contributed by atoms with Crippen LogP contribution in [0.3, 0.4) is 0 Å². The number of aromatic nitrogens is 1. The highest BCUT2D eigenvalue weighted by Crippen LogP contribution is 2.71. The molecule has 30 heavy (non-hydrogen) atoms. The third-order valence-electron chi connectivity index (χ3n) is 8.40. The van der Waals surface area contributed by atoms with Crippen molar-refractivity contribution in [1.82, 2.24) is 4.57 Å². The molecule has 2 heterocycles. The van der Waals surface area contributed by atoms with Gasteiger partial charge >= 0.3 is 0 Å². The van der Waals surface area contributed by atoms with Gasteiger partial charge in [0.15, 0.2) is 0 Å². The summed E-state index contributed by atoms with van der Waals surface area (Å²) in [5.74, 6) is 0. The Balaban J connectivity index is 1.55. The van der Waals surface area contributed by atoms with E-state index >= 15 is 0 Å². The SMILES string of the molecule is Cn1c2c(c3ccccc31)[C@]13CCC[C@@]1(C2)c1ccccc1N3Cc1ccccc1. The lowest BCUT2D eigenvalue weighted by Crippen LogP contribution is -2.49. The fourth-order valence-corrected chi connectivity index (χ4v) is 7.38. The van der Waals surface area contributed by atoms with Gasteiger partial charge in [-0.05, 0) is 42.5 Å². The zero-order valence-corrected chi connectivity index (χ0v) is 17.4. The normalized spacial score (nSPS) is 26.0. The lowest BCUT2D eigenvalue weighted by molar-refractivity contribution is 0.293. The third kappa shape index (κ3) is 1.74. The number of rotatable bonds is 2. The first-order valence-electron chi connectivity index (χ1n) is 11.2. The summed E-state index contributed by atoms with van der Waals surface area (Å²) in [6, 6.07) is 29.4. The molecule has 1 fully saturated rings. The molecule has 3 aromatic carbocycles. The Hall–Kier alpha value is -3.00. The smallest absolute Gasteiger partial charge is 0.0781 e. The summed E-state index contributed by atoms with van der Waals surface area (Å²) < 4.78 is 2.49. The summed E-state index contributed by atoms with van der Waals surface area (Å²) >= 11 is 0. The van der Waals surface area contributed by atoms with Crippen molar-refractivity contribution in [2.24, 2.45) is 7.05 Å². The van der Waals surface area contributed by atoms with Crippen LogP contribution in [0.1, 0.15) is 41.6 Å². The molecule has 7 rings (SSSR count). The van der Waals surface area contributed by atoms with Gasteiger partial charge in [-0.15, -0.1) is 0 Å². The van der Waals surface area contributed by atoms with Crippen LogP contribution in [0.15, 0.2) is 78.9 Å². The van der Waals surface area contributed by atoms with Crippen molar-refractivity contribution in [2.75, 3.05) is 4.90 Å². The summed E-state index contributed by atoms with van der Waals surface area (Å²) in [7, 11) is 2.28. The van der Waals surface area contributed by atoms with Crippen LogP contribution in [0.25, 0.3) is 10.9 Å². The van der Waals surface area contributed by atoms with E-state index in [1.807, 2.05) is 0 Å². The van der Waals surface area contributed by atoms with E-state index in [4.69, 9.17) is 0 Å². The van der Waals surface area contributed by atoms with Crippen molar-refractivity contribution in [1.29, 1.82) is 0 Å². The highest BCUT2D eigenvalue weighted by atomic mass is 15.3. The van der Waals surface area contributed by atoms with Crippen LogP contribution in [0, 0.1) is 0 Å². The van der Waals surface area contributed by atoms with Crippen molar-refractivity contribution >= 4 is 16.6 Å². The second kappa shape index (κ2) is 5.57. The van der Waals surface area contributed by atoms with Gasteiger partial charge in [0.2, 0.25) is 0 Å². The minimum atomic E-state index is 0.0721. The number of nitrogens with zero attached hydrogens (tertiary/aromatic N) is 2. The van der Waals surface area contributed by atoms with Crippen LogP contribution < -0.4 is 4.90 Å². The Morgan fingerprint density at radius 2 is 1.60 bits per heavy atom. The summed E-state index contributed by atoms with van der Waals surface area (Å²) in [4.78, 5) is 2.79. The van der Waals surface area contributed by atoms with Gasteiger partial charge in [-0.25, -0.2) is 0 Å². The number of fused-ring (bicyclic) bond motifs is 4. The molecule has 0 N–H and O–H groups in total. The Morgan fingerprint density at radius 3 is 2.50 bits per heavy atom. The van der Waals surface area contributed by atoms with Gasteiger partial charge in [-0.1, -0.05) is 66.7 Å².